The van der Waals surface area contributed by atoms with Crippen LogP contribution in [0.4, 0.5) is 0 Å². The van der Waals surface area contributed by atoms with E-state index >= 15 is 0 Å². The molecule has 4 aliphatic heterocycles. The summed E-state index contributed by atoms with van der Waals surface area (Å²) in [5.74, 6) is 2.24. The van der Waals surface area contributed by atoms with E-state index in [-0.39, 0.29) is 18.4 Å². The Morgan fingerprint density at radius 3 is 3.04 bits per heavy atom. The molecule has 2 unspecified atom stereocenters. The number of aromatic nitrogens is 1. The first-order valence-corrected chi connectivity index (χ1v) is 9.44. The summed E-state index contributed by atoms with van der Waals surface area (Å²) < 4.78 is 12.0. The van der Waals surface area contributed by atoms with Gasteiger partial charge in [-0.2, -0.15) is 0 Å². The molecule has 2 N–H and O–H groups in total. The lowest BCUT2D eigenvalue weighted by molar-refractivity contribution is -0.158. The number of nitrogens with one attached hydrogen (secondary N) is 1. The summed E-state index contributed by atoms with van der Waals surface area (Å²) in [5, 5.41) is 11.6. The van der Waals surface area contributed by atoms with Gasteiger partial charge in [0.1, 0.15) is 12.0 Å². The van der Waals surface area contributed by atoms with Gasteiger partial charge in [-0.05, 0) is 43.9 Å². The molecule has 5 aliphatic rings. The Bertz CT molecular complexity index is 860. The molecular weight excluding hydrogens is 316 g/mol. The van der Waals surface area contributed by atoms with E-state index in [2.05, 4.69) is 22.0 Å². The van der Waals surface area contributed by atoms with Gasteiger partial charge in [0.05, 0.1) is 19.3 Å². The minimum Gasteiger partial charge on any atom is -0.497 e. The molecule has 1 aliphatic carbocycles. The van der Waals surface area contributed by atoms with E-state index in [0.717, 1.165) is 18.7 Å². The predicted octanol–water partition coefficient (Wildman–Crippen LogP) is 2.76. The molecular formula is C20H24N2O3. The zero-order valence-electron chi connectivity index (χ0n) is 14.6. The summed E-state index contributed by atoms with van der Waals surface area (Å²) >= 11 is 0. The first-order chi connectivity index (χ1) is 12.2. The quantitative estimate of drug-likeness (QED) is 0.883. The normalized spacial score (nSPS) is 41.8. The third-order valence-electron chi connectivity index (χ3n) is 7.16. The number of H-pyrrole nitrogens is 1. The van der Waals surface area contributed by atoms with Crippen LogP contribution in [0.3, 0.4) is 0 Å². The smallest absolute Gasteiger partial charge is 0.119 e. The van der Waals surface area contributed by atoms with Gasteiger partial charge in [-0.3, -0.25) is 4.90 Å². The molecule has 0 spiro atoms. The van der Waals surface area contributed by atoms with E-state index in [1.54, 1.807) is 7.11 Å². The van der Waals surface area contributed by atoms with Crippen molar-refractivity contribution in [3.63, 3.8) is 0 Å². The molecule has 0 radical (unpaired) electrons. The Morgan fingerprint density at radius 2 is 2.24 bits per heavy atom. The zero-order valence-corrected chi connectivity index (χ0v) is 14.6. The van der Waals surface area contributed by atoms with E-state index in [9.17, 15) is 5.11 Å². The largest absolute Gasteiger partial charge is 0.497 e. The first kappa shape index (κ1) is 14.6. The van der Waals surface area contributed by atoms with Crippen LogP contribution in [0.15, 0.2) is 18.2 Å². The van der Waals surface area contributed by atoms with Crippen molar-refractivity contribution >= 4 is 10.9 Å². The number of methoxy groups -OCH3 is 1. The Morgan fingerprint density at radius 1 is 1.36 bits per heavy atom. The number of benzene rings is 1. The van der Waals surface area contributed by atoms with Crippen molar-refractivity contribution in [3.8, 4) is 5.75 Å². The van der Waals surface area contributed by atoms with Crippen molar-refractivity contribution in [1.29, 1.82) is 0 Å². The second-order valence-corrected chi connectivity index (χ2v) is 8.31. The van der Waals surface area contributed by atoms with E-state index in [1.807, 2.05) is 13.0 Å². The van der Waals surface area contributed by atoms with E-state index in [0.29, 0.717) is 23.8 Å². The van der Waals surface area contributed by atoms with Crippen molar-refractivity contribution < 1.29 is 14.6 Å². The molecule has 1 aromatic carbocycles. The van der Waals surface area contributed by atoms with Crippen LogP contribution in [0.2, 0.25) is 0 Å². The minimum atomic E-state index is -0.263. The molecule has 1 aromatic heterocycles. The molecule has 5 heteroatoms. The number of aliphatic hydroxyl groups is 1. The predicted molar refractivity (Wildman–Crippen MR) is 93.6 cm³/mol. The zero-order chi connectivity index (χ0) is 16.9. The average molecular weight is 340 g/mol. The summed E-state index contributed by atoms with van der Waals surface area (Å²) in [6.45, 7) is 2.91. The molecule has 7 rings (SSSR count). The fourth-order valence-electron chi connectivity index (χ4n) is 6.23. The maximum absolute atomic E-state index is 10.4. The molecule has 2 aromatic rings. The average Bonchev–Trinajstić information content (AvgIpc) is 3.19. The molecule has 25 heavy (non-hydrogen) atoms. The second-order valence-electron chi connectivity index (χ2n) is 8.31. The van der Waals surface area contributed by atoms with E-state index in [1.165, 1.54) is 28.6 Å². The SMILES string of the molecule is COc1ccc2[nH]c3c(c2c1)[C@@H]1CN2[C@@H]4[C@H]3C[C@@H](C[C@H]4C(C)O)[C@@H]2O1. The molecule has 5 bridgehead atoms. The van der Waals surface area contributed by atoms with Gasteiger partial charge in [-0.1, -0.05) is 0 Å². The Kier molecular flexibility index (Phi) is 2.79. The molecule has 5 heterocycles. The van der Waals surface area contributed by atoms with Gasteiger partial charge in [0, 0.05) is 46.6 Å². The van der Waals surface area contributed by atoms with Crippen molar-refractivity contribution in [2.75, 3.05) is 13.7 Å². The van der Waals surface area contributed by atoms with E-state index in [4.69, 9.17) is 9.47 Å². The van der Waals surface area contributed by atoms with Crippen molar-refractivity contribution in [1.82, 2.24) is 9.88 Å². The molecule has 1 saturated carbocycles. The van der Waals surface area contributed by atoms with Crippen LogP contribution in [0.5, 0.6) is 5.75 Å². The first-order valence-electron chi connectivity index (χ1n) is 9.44. The molecule has 3 saturated heterocycles. The Labute approximate surface area is 146 Å². The van der Waals surface area contributed by atoms with Crippen LogP contribution in [-0.2, 0) is 4.74 Å². The highest BCUT2D eigenvalue weighted by Crippen LogP contribution is 2.59. The van der Waals surface area contributed by atoms with Gasteiger partial charge in [0.25, 0.3) is 0 Å². The highest BCUT2D eigenvalue weighted by molar-refractivity contribution is 5.87. The number of ether oxygens (including phenoxy) is 2. The second kappa shape index (κ2) is 4.78. The number of fused-ring (bicyclic) bond motifs is 6. The number of hydrogen-bond donors (Lipinski definition) is 2. The van der Waals surface area contributed by atoms with Gasteiger partial charge >= 0.3 is 0 Å². The van der Waals surface area contributed by atoms with Gasteiger partial charge in [0.15, 0.2) is 0 Å². The molecule has 132 valence electrons. The monoisotopic (exact) mass is 340 g/mol. The van der Waals surface area contributed by atoms with Gasteiger partial charge in [-0.15, -0.1) is 0 Å². The molecule has 4 fully saturated rings. The lowest BCUT2D eigenvalue weighted by Gasteiger charge is -2.56. The molecule has 5 nitrogen and oxygen atoms in total. The Balaban J connectivity index is 1.58. The lowest BCUT2D eigenvalue weighted by atomic mass is 9.63. The topological polar surface area (TPSA) is 57.7 Å². The van der Waals surface area contributed by atoms with Crippen LogP contribution < -0.4 is 4.74 Å². The maximum Gasteiger partial charge on any atom is 0.119 e. The fourth-order valence-corrected chi connectivity index (χ4v) is 6.23. The van der Waals surface area contributed by atoms with Gasteiger partial charge in [-0.25, -0.2) is 0 Å². The number of hydrogen-bond acceptors (Lipinski definition) is 4. The summed E-state index contributed by atoms with van der Waals surface area (Å²) in [7, 11) is 1.72. The number of nitrogens with zero attached hydrogens (tertiary/aromatic N) is 1. The number of piperidine rings is 2. The summed E-state index contributed by atoms with van der Waals surface area (Å²) in [5.41, 5.74) is 3.84. The summed E-state index contributed by atoms with van der Waals surface area (Å²) in [6, 6.07) is 6.66. The summed E-state index contributed by atoms with van der Waals surface area (Å²) in [4.78, 5) is 6.28. The van der Waals surface area contributed by atoms with Crippen LogP contribution in [-0.4, -0.2) is 47.0 Å². The van der Waals surface area contributed by atoms with Crippen LogP contribution >= 0.6 is 0 Å². The van der Waals surface area contributed by atoms with Crippen molar-refractivity contribution in [2.24, 2.45) is 11.8 Å². The maximum atomic E-state index is 10.4. The fraction of sp³-hybridized carbons (Fsp3) is 0.600. The van der Waals surface area contributed by atoms with Crippen LogP contribution in [0, 0.1) is 11.8 Å². The van der Waals surface area contributed by atoms with Crippen molar-refractivity contribution in [3.05, 3.63) is 29.5 Å². The van der Waals surface area contributed by atoms with E-state index < -0.39 is 0 Å². The third-order valence-corrected chi connectivity index (χ3v) is 7.16. The number of aromatic amines is 1. The molecule has 0 amide bonds. The minimum absolute atomic E-state index is 0.129. The molecule has 8 atom stereocenters. The number of aliphatic hydroxyl groups excluding tert-OH is 1. The van der Waals surface area contributed by atoms with Gasteiger partial charge < -0.3 is 19.6 Å². The highest BCUT2D eigenvalue weighted by Gasteiger charge is 2.60. The standard InChI is InChI=1S/C20H24N2O3/c1-9(23)12-5-10-6-14-18-17(16-8-22(19(12)14)20(10)25-16)13-7-11(24-2)3-4-15(13)21-18/h3-4,7,9-10,12,14,16,19-21,23H,5-6,8H2,1-2H3/t9?,10-,12+,14+,16+,19+,20+/m1/s1. The van der Waals surface area contributed by atoms with Crippen LogP contribution in [0.25, 0.3) is 10.9 Å². The highest BCUT2D eigenvalue weighted by atomic mass is 16.5. The lowest BCUT2D eigenvalue weighted by Crippen LogP contribution is -2.61. The Hall–Kier alpha value is -1.56. The summed E-state index contributed by atoms with van der Waals surface area (Å²) in [6.07, 6.45) is 2.37. The van der Waals surface area contributed by atoms with Crippen molar-refractivity contribution in [2.45, 2.75) is 50.2 Å². The third kappa shape index (κ3) is 1.74. The van der Waals surface area contributed by atoms with Crippen LogP contribution in [0.1, 0.15) is 43.0 Å². The number of rotatable bonds is 2. The van der Waals surface area contributed by atoms with Gasteiger partial charge in [0.2, 0.25) is 0 Å².